The molecule has 1 heterocycles. The van der Waals surface area contributed by atoms with Crippen LogP contribution in [0.5, 0.6) is 0 Å². The maximum atomic E-state index is 10.8. The van der Waals surface area contributed by atoms with Gasteiger partial charge in [0.1, 0.15) is 0 Å². The molecular weight excluding hydrogens is 299 g/mol. The summed E-state index contributed by atoms with van der Waals surface area (Å²) in [6, 6.07) is 20.9. The predicted octanol–water partition coefficient (Wildman–Crippen LogP) is 3.53. The molecule has 1 aliphatic rings. The van der Waals surface area contributed by atoms with Crippen LogP contribution in [-0.4, -0.2) is 20.1 Å². The third kappa shape index (κ3) is 2.76. The molecule has 1 aliphatic heterocycles. The second kappa shape index (κ2) is 5.50. The van der Waals surface area contributed by atoms with Crippen LogP contribution in [0.1, 0.15) is 28.8 Å². The molecule has 0 aromatic heterocycles. The minimum atomic E-state index is -0.591. The van der Waals surface area contributed by atoms with Gasteiger partial charge >= 0.3 is 120 Å². The minimum absolute atomic E-state index is 0.462. The van der Waals surface area contributed by atoms with Gasteiger partial charge in [0.25, 0.3) is 0 Å². The Balaban J connectivity index is 1.73. The first-order valence-electron chi connectivity index (χ1n) is 6.72. The van der Waals surface area contributed by atoms with E-state index in [2.05, 4.69) is 42.5 Å². The van der Waals surface area contributed by atoms with Crippen LogP contribution in [0.4, 0.5) is 0 Å². The second-order valence-corrected chi connectivity index (χ2v) is 7.65. The van der Waals surface area contributed by atoms with E-state index in [1.54, 1.807) is 0 Å². The third-order valence-corrected chi connectivity index (χ3v) is 7.09. The molecule has 2 aromatic rings. The Morgan fingerprint density at radius 3 is 2.16 bits per heavy atom. The molecule has 0 bridgehead atoms. The van der Waals surface area contributed by atoms with Gasteiger partial charge in [-0.3, -0.25) is 0 Å². The van der Waals surface area contributed by atoms with Gasteiger partial charge in [0.15, 0.2) is 0 Å². The third-order valence-electron chi connectivity index (χ3n) is 3.83. The Morgan fingerprint density at radius 2 is 1.58 bits per heavy atom. The van der Waals surface area contributed by atoms with Gasteiger partial charge in [0, 0.05) is 0 Å². The standard InChI is InChI=1S/C17H18OSe/c18-17(15-9-5-2-6-10-15)12-11-16(19-13-17)14-7-3-1-4-8-14/h1-10,16,18H,11-13H2/t16-,17-/m0/s1. The van der Waals surface area contributed by atoms with E-state index in [1.807, 2.05) is 18.2 Å². The Kier molecular flexibility index (Phi) is 3.74. The Morgan fingerprint density at radius 1 is 0.947 bits per heavy atom. The molecule has 0 aliphatic carbocycles. The van der Waals surface area contributed by atoms with Crippen LogP contribution in [0.3, 0.4) is 0 Å². The molecule has 1 saturated heterocycles. The van der Waals surface area contributed by atoms with E-state index < -0.39 is 5.60 Å². The van der Waals surface area contributed by atoms with Crippen molar-refractivity contribution in [1.82, 2.24) is 0 Å². The van der Waals surface area contributed by atoms with Crippen molar-refractivity contribution in [3.63, 3.8) is 0 Å². The monoisotopic (exact) mass is 318 g/mol. The fourth-order valence-electron chi connectivity index (χ4n) is 2.67. The Hall–Kier alpha value is -1.08. The second-order valence-electron chi connectivity index (χ2n) is 5.15. The zero-order chi connectivity index (χ0) is 13.1. The molecule has 1 N–H and O–H groups in total. The summed E-state index contributed by atoms with van der Waals surface area (Å²) in [5.74, 6) is 0. The molecule has 3 rings (SSSR count). The molecule has 0 radical (unpaired) electrons. The van der Waals surface area contributed by atoms with Crippen molar-refractivity contribution in [2.45, 2.75) is 28.6 Å². The average Bonchev–Trinajstić information content (AvgIpc) is 2.50. The zero-order valence-electron chi connectivity index (χ0n) is 10.8. The molecule has 98 valence electrons. The van der Waals surface area contributed by atoms with Crippen molar-refractivity contribution in [2.75, 3.05) is 0 Å². The van der Waals surface area contributed by atoms with Crippen molar-refractivity contribution in [3.05, 3.63) is 71.8 Å². The van der Waals surface area contributed by atoms with Crippen molar-refractivity contribution in [1.29, 1.82) is 0 Å². The number of aliphatic hydroxyl groups is 1. The first-order chi connectivity index (χ1) is 9.28. The van der Waals surface area contributed by atoms with Gasteiger partial charge in [-0.05, 0) is 0 Å². The SMILES string of the molecule is O[C@@]1(c2ccccc2)CC[C@@H](c2ccccc2)[Se]C1. The van der Waals surface area contributed by atoms with Crippen LogP contribution in [0.25, 0.3) is 0 Å². The van der Waals surface area contributed by atoms with Crippen molar-refractivity contribution >= 4 is 15.0 Å². The van der Waals surface area contributed by atoms with E-state index in [9.17, 15) is 5.11 Å². The van der Waals surface area contributed by atoms with Crippen LogP contribution < -0.4 is 0 Å². The first-order valence-corrected chi connectivity index (χ1v) is 8.92. The van der Waals surface area contributed by atoms with Crippen LogP contribution in [-0.2, 0) is 5.60 Å². The fourth-order valence-corrected chi connectivity index (χ4v) is 5.65. The van der Waals surface area contributed by atoms with Gasteiger partial charge in [-0.1, -0.05) is 0 Å². The molecule has 2 aromatic carbocycles. The number of rotatable bonds is 2. The van der Waals surface area contributed by atoms with Crippen molar-refractivity contribution < 1.29 is 5.11 Å². The quantitative estimate of drug-likeness (QED) is 0.840. The summed E-state index contributed by atoms with van der Waals surface area (Å²) in [5, 5.41) is 11.7. The molecule has 0 saturated carbocycles. The van der Waals surface area contributed by atoms with Crippen LogP contribution >= 0.6 is 0 Å². The molecule has 0 unspecified atom stereocenters. The average molecular weight is 317 g/mol. The van der Waals surface area contributed by atoms with Crippen LogP contribution in [0, 0.1) is 0 Å². The summed E-state index contributed by atoms with van der Waals surface area (Å²) in [5.41, 5.74) is 1.94. The normalized spacial score (nSPS) is 27.1. The van der Waals surface area contributed by atoms with E-state index >= 15 is 0 Å². The van der Waals surface area contributed by atoms with Crippen molar-refractivity contribution in [3.8, 4) is 0 Å². The molecule has 1 nitrogen and oxygen atoms in total. The van der Waals surface area contributed by atoms with Gasteiger partial charge in [0.05, 0.1) is 0 Å². The summed E-state index contributed by atoms with van der Waals surface area (Å²) in [6.45, 7) is 0. The van der Waals surface area contributed by atoms with E-state index in [0.717, 1.165) is 23.7 Å². The molecule has 19 heavy (non-hydrogen) atoms. The first kappa shape index (κ1) is 12.9. The Bertz CT molecular complexity index is 515. The van der Waals surface area contributed by atoms with E-state index in [1.165, 1.54) is 5.56 Å². The van der Waals surface area contributed by atoms with Gasteiger partial charge < -0.3 is 0 Å². The summed E-state index contributed by atoms with van der Waals surface area (Å²) in [7, 11) is 0. The summed E-state index contributed by atoms with van der Waals surface area (Å²) < 4.78 is 0. The molecule has 2 atom stereocenters. The zero-order valence-corrected chi connectivity index (χ0v) is 12.5. The molecule has 0 amide bonds. The summed E-state index contributed by atoms with van der Waals surface area (Å²) in [6.07, 6.45) is 1.97. The van der Waals surface area contributed by atoms with Gasteiger partial charge in [0.2, 0.25) is 0 Å². The topological polar surface area (TPSA) is 20.2 Å². The number of hydrogen-bond donors (Lipinski definition) is 1. The van der Waals surface area contributed by atoms with Gasteiger partial charge in [-0.25, -0.2) is 0 Å². The number of benzene rings is 2. The van der Waals surface area contributed by atoms with E-state index in [0.29, 0.717) is 19.8 Å². The maximum absolute atomic E-state index is 10.8. The summed E-state index contributed by atoms with van der Waals surface area (Å²) in [4.78, 5) is 0.665. The Labute approximate surface area is 120 Å². The van der Waals surface area contributed by atoms with Gasteiger partial charge in [-0.2, -0.15) is 0 Å². The molecule has 0 spiro atoms. The van der Waals surface area contributed by atoms with Gasteiger partial charge in [-0.15, -0.1) is 0 Å². The van der Waals surface area contributed by atoms with E-state index in [4.69, 9.17) is 0 Å². The summed E-state index contributed by atoms with van der Waals surface area (Å²) >= 11 is 0.462. The number of hydrogen-bond acceptors (Lipinski definition) is 1. The molecule has 2 heteroatoms. The molecule has 1 fully saturated rings. The van der Waals surface area contributed by atoms with Crippen LogP contribution in [0.15, 0.2) is 60.7 Å². The predicted molar refractivity (Wildman–Crippen MR) is 79.3 cm³/mol. The fraction of sp³-hybridized carbons (Fsp3) is 0.294. The van der Waals surface area contributed by atoms with Crippen molar-refractivity contribution in [2.24, 2.45) is 0 Å². The van der Waals surface area contributed by atoms with Crippen LogP contribution in [0.2, 0.25) is 5.32 Å². The van der Waals surface area contributed by atoms with E-state index in [-0.39, 0.29) is 0 Å². The molecular formula is C17H18OSe.